The molecule has 1 aromatic rings. The number of aryl methyl sites for hydroxylation is 2. The smallest absolute Gasteiger partial charge is 0.182 e. The lowest BCUT2D eigenvalue weighted by molar-refractivity contribution is 0.813. The highest BCUT2D eigenvalue weighted by molar-refractivity contribution is 5.11. The maximum Gasteiger partial charge on any atom is 0.182 e. The Kier molecular flexibility index (Phi) is 8.70. The highest BCUT2D eigenvalue weighted by Gasteiger charge is 1.93. The van der Waals surface area contributed by atoms with E-state index in [1.807, 2.05) is 25.5 Å². The Hall–Kier alpha value is -1.17. The van der Waals surface area contributed by atoms with Gasteiger partial charge in [-0.25, -0.2) is 0 Å². The zero-order valence-corrected chi connectivity index (χ0v) is 8.01. The highest BCUT2D eigenvalue weighted by Crippen LogP contribution is 1.95. The molecular formula is C8H17NO4. The van der Waals surface area contributed by atoms with Crippen LogP contribution in [-0.4, -0.2) is 21.0 Å². The van der Waals surface area contributed by atoms with Crippen LogP contribution < -0.4 is 5.43 Å². The molecule has 13 heavy (non-hydrogen) atoms. The molecule has 5 heteroatoms. The summed E-state index contributed by atoms with van der Waals surface area (Å²) in [6.45, 7) is 3.85. The van der Waals surface area contributed by atoms with E-state index in [1.54, 1.807) is 12.1 Å². The fourth-order valence-corrected chi connectivity index (χ4v) is 0.925. The predicted molar refractivity (Wildman–Crippen MR) is 52.0 cm³/mol. The van der Waals surface area contributed by atoms with Gasteiger partial charge >= 0.3 is 0 Å². The lowest BCUT2D eigenvalue weighted by Gasteiger charge is -2.05. The normalized spacial score (nSPS) is 7.62. The number of pyridine rings is 1. The molecule has 0 atom stereocenters. The molecule has 0 amide bonds. The van der Waals surface area contributed by atoms with Crippen LogP contribution in [0.5, 0.6) is 0 Å². The first-order valence-electron chi connectivity index (χ1n) is 3.25. The highest BCUT2D eigenvalue weighted by atomic mass is 16.1. The largest absolute Gasteiger partial charge is 0.412 e. The van der Waals surface area contributed by atoms with Crippen molar-refractivity contribution in [3.8, 4) is 0 Å². The molecule has 1 aromatic heterocycles. The molecule has 0 aliphatic carbocycles. The first-order valence-corrected chi connectivity index (χ1v) is 3.25. The second kappa shape index (κ2) is 6.36. The molecule has 78 valence electrons. The van der Waals surface area contributed by atoms with Gasteiger partial charge in [-0.05, 0) is 13.8 Å². The van der Waals surface area contributed by atoms with Crippen molar-refractivity contribution in [3.63, 3.8) is 0 Å². The lowest BCUT2D eigenvalue weighted by Crippen LogP contribution is -2.08. The van der Waals surface area contributed by atoms with Gasteiger partial charge in [-0.1, -0.05) is 0 Å². The standard InChI is InChI=1S/C8H11NO.3H2O/c1-6-4-8(10)5-7(2)9(6)3;;;/h4-5H,1-3H3;3*1H2. The molecule has 0 spiro atoms. The maximum atomic E-state index is 10.9. The molecule has 1 rings (SSSR count). The van der Waals surface area contributed by atoms with Gasteiger partial charge in [0.25, 0.3) is 0 Å². The summed E-state index contributed by atoms with van der Waals surface area (Å²) >= 11 is 0. The van der Waals surface area contributed by atoms with Gasteiger partial charge in [0, 0.05) is 30.6 Å². The van der Waals surface area contributed by atoms with E-state index < -0.39 is 0 Å². The number of hydrogen-bond donors (Lipinski definition) is 0. The van der Waals surface area contributed by atoms with Crippen LogP contribution in [0.25, 0.3) is 0 Å². The third kappa shape index (κ3) is 3.84. The van der Waals surface area contributed by atoms with E-state index in [4.69, 9.17) is 0 Å². The van der Waals surface area contributed by atoms with Crippen LogP contribution >= 0.6 is 0 Å². The zero-order chi connectivity index (χ0) is 7.72. The van der Waals surface area contributed by atoms with Gasteiger partial charge in [-0.3, -0.25) is 4.79 Å². The van der Waals surface area contributed by atoms with Gasteiger partial charge in [0.15, 0.2) is 5.43 Å². The summed E-state index contributed by atoms with van der Waals surface area (Å²) in [5.41, 5.74) is 2.10. The van der Waals surface area contributed by atoms with Crippen molar-refractivity contribution >= 4 is 0 Å². The zero-order valence-electron chi connectivity index (χ0n) is 8.01. The summed E-state index contributed by atoms with van der Waals surface area (Å²) in [4.78, 5) is 10.9. The number of hydrogen-bond acceptors (Lipinski definition) is 1. The minimum Gasteiger partial charge on any atom is -0.412 e. The van der Waals surface area contributed by atoms with Gasteiger partial charge < -0.3 is 21.0 Å². The van der Waals surface area contributed by atoms with Gasteiger partial charge in [0.05, 0.1) is 0 Å². The van der Waals surface area contributed by atoms with E-state index in [0.29, 0.717) is 0 Å². The fraction of sp³-hybridized carbons (Fsp3) is 0.375. The van der Waals surface area contributed by atoms with Crippen molar-refractivity contribution < 1.29 is 16.4 Å². The molecule has 0 radical (unpaired) electrons. The molecule has 0 aliphatic rings. The van der Waals surface area contributed by atoms with Crippen molar-refractivity contribution in [2.24, 2.45) is 7.05 Å². The first-order chi connectivity index (χ1) is 4.61. The minimum absolute atomic E-state index is 0. The topological polar surface area (TPSA) is 116 Å². The maximum absolute atomic E-state index is 10.9. The van der Waals surface area contributed by atoms with E-state index in [9.17, 15) is 4.79 Å². The van der Waals surface area contributed by atoms with Crippen molar-refractivity contribution in [2.45, 2.75) is 13.8 Å². The van der Waals surface area contributed by atoms with Gasteiger partial charge in [0.1, 0.15) is 0 Å². The molecule has 0 saturated heterocycles. The summed E-state index contributed by atoms with van der Waals surface area (Å²) in [6, 6.07) is 3.26. The van der Waals surface area contributed by atoms with E-state index in [2.05, 4.69) is 0 Å². The average molecular weight is 191 g/mol. The van der Waals surface area contributed by atoms with Crippen LogP contribution in [0.4, 0.5) is 0 Å². The van der Waals surface area contributed by atoms with E-state index in [-0.39, 0.29) is 21.9 Å². The van der Waals surface area contributed by atoms with Gasteiger partial charge in [-0.15, -0.1) is 0 Å². The molecule has 0 fully saturated rings. The second-order valence-corrected chi connectivity index (χ2v) is 2.53. The third-order valence-corrected chi connectivity index (χ3v) is 1.76. The lowest BCUT2D eigenvalue weighted by atomic mass is 10.3. The average Bonchev–Trinajstić information content (AvgIpc) is 1.82. The number of aromatic nitrogens is 1. The Labute approximate surface area is 76.6 Å². The molecule has 1 heterocycles. The molecule has 0 saturated carbocycles. The quantitative estimate of drug-likeness (QED) is 0.489. The Bertz CT molecular complexity index is 279. The molecule has 0 aromatic carbocycles. The number of rotatable bonds is 0. The van der Waals surface area contributed by atoms with Crippen LogP contribution in [0.15, 0.2) is 16.9 Å². The van der Waals surface area contributed by atoms with Gasteiger partial charge in [-0.2, -0.15) is 0 Å². The Balaban J connectivity index is -0.000000333. The van der Waals surface area contributed by atoms with Crippen LogP contribution in [0.1, 0.15) is 11.4 Å². The first kappa shape index (κ1) is 17.8. The van der Waals surface area contributed by atoms with Crippen LogP contribution in [-0.2, 0) is 7.05 Å². The molecule has 5 nitrogen and oxygen atoms in total. The van der Waals surface area contributed by atoms with Crippen LogP contribution in [0.2, 0.25) is 0 Å². The summed E-state index contributed by atoms with van der Waals surface area (Å²) in [6.07, 6.45) is 0. The summed E-state index contributed by atoms with van der Waals surface area (Å²) < 4.78 is 1.99. The van der Waals surface area contributed by atoms with E-state index >= 15 is 0 Å². The summed E-state index contributed by atoms with van der Waals surface area (Å²) in [7, 11) is 1.95. The predicted octanol–water partition coefficient (Wildman–Crippen LogP) is -1.47. The molecule has 0 aliphatic heterocycles. The third-order valence-electron chi connectivity index (χ3n) is 1.76. The summed E-state index contributed by atoms with van der Waals surface area (Å²) in [5, 5.41) is 0. The fourth-order valence-electron chi connectivity index (χ4n) is 0.925. The summed E-state index contributed by atoms with van der Waals surface area (Å²) in [5.74, 6) is 0. The van der Waals surface area contributed by atoms with Crippen molar-refractivity contribution in [1.82, 2.24) is 4.57 Å². The van der Waals surface area contributed by atoms with Crippen molar-refractivity contribution in [3.05, 3.63) is 33.7 Å². The van der Waals surface area contributed by atoms with Crippen molar-refractivity contribution in [2.75, 3.05) is 0 Å². The molecule has 0 unspecified atom stereocenters. The number of nitrogens with zero attached hydrogens (tertiary/aromatic N) is 1. The van der Waals surface area contributed by atoms with Crippen molar-refractivity contribution in [1.29, 1.82) is 0 Å². The Morgan fingerprint density at radius 3 is 1.62 bits per heavy atom. The minimum atomic E-state index is 0. The van der Waals surface area contributed by atoms with E-state index in [1.165, 1.54) is 0 Å². The van der Waals surface area contributed by atoms with E-state index in [0.717, 1.165) is 11.4 Å². The van der Waals surface area contributed by atoms with Crippen LogP contribution in [0.3, 0.4) is 0 Å². The second-order valence-electron chi connectivity index (χ2n) is 2.53. The Morgan fingerprint density at radius 1 is 1.00 bits per heavy atom. The van der Waals surface area contributed by atoms with Gasteiger partial charge in [0.2, 0.25) is 0 Å². The Morgan fingerprint density at radius 2 is 1.31 bits per heavy atom. The monoisotopic (exact) mass is 191 g/mol. The molecule has 6 N–H and O–H groups in total. The molecule has 0 bridgehead atoms. The molecular weight excluding hydrogens is 174 g/mol. The van der Waals surface area contributed by atoms with Crippen LogP contribution in [0, 0.1) is 13.8 Å². The SMILES string of the molecule is Cc1cc(=O)cc(C)n1C.O.O.O.